The predicted octanol–water partition coefficient (Wildman–Crippen LogP) is 4.14. The maximum atomic E-state index is 5.92. The second-order valence-corrected chi connectivity index (χ2v) is 5.14. The lowest BCUT2D eigenvalue weighted by Gasteiger charge is -2.13. The van der Waals surface area contributed by atoms with E-state index in [0.717, 1.165) is 22.4 Å². The molecule has 0 heterocycles. The molecule has 0 saturated heterocycles. The van der Waals surface area contributed by atoms with Gasteiger partial charge in [0, 0.05) is 0 Å². The van der Waals surface area contributed by atoms with Crippen LogP contribution in [0.1, 0.15) is 12.5 Å². The summed E-state index contributed by atoms with van der Waals surface area (Å²) in [6, 6.07) is 13.6. The summed E-state index contributed by atoms with van der Waals surface area (Å²) >= 11 is 3.53. The van der Waals surface area contributed by atoms with E-state index >= 15 is 0 Å². The van der Waals surface area contributed by atoms with Crippen LogP contribution in [-0.2, 0) is 6.42 Å². The minimum Gasteiger partial charge on any atom is -0.490 e. The van der Waals surface area contributed by atoms with E-state index in [0.29, 0.717) is 18.9 Å². The molecule has 0 aliphatic carbocycles. The van der Waals surface area contributed by atoms with Gasteiger partial charge in [0.1, 0.15) is 5.75 Å². The van der Waals surface area contributed by atoms with Crippen LogP contribution in [0, 0.1) is 0 Å². The van der Waals surface area contributed by atoms with Crippen molar-refractivity contribution in [1.29, 1.82) is 0 Å². The van der Waals surface area contributed by atoms with Crippen molar-refractivity contribution in [3.63, 3.8) is 0 Å². The molecule has 2 aromatic carbocycles. The first-order valence-electron chi connectivity index (χ1n) is 6.62. The number of nitrogens with two attached hydrogens (primary N) is 1. The third kappa shape index (κ3) is 3.74. The van der Waals surface area contributed by atoms with Crippen LogP contribution in [-0.4, -0.2) is 13.2 Å². The van der Waals surface area contributed by atoms with Crippen LogP contribution < -0.4 is 15.2 Å². The SMILES string of the molecule is CCOc1ccccc1Oc1ccc(CCN)cc1Br. The second-order valence-electron chi connectivity index (χ2n) is 4.29. The van der Waals surface area contributed by atoms with Crippen LogP contribution in [0.5, 0.6) is 17.2 Å². The molecule has 0 radical (unpaired) electrons. The van der Waals surface area contributed by atoms with E-state index in [4.69, 9.17) is 15.2 Å². The van der Waals surface area contributed by atoms with E-state index in [1.54, 1.807) is 0 Å². The first-order valence-corrected chi connectivity index (χ1v) is 7.42. The number of rotatable bonds is 6. The molecule has 0 spiro atoms. The van der Waals surface area contributed by atoms with Gasteiger partial charge < -0.3 is 15.2 Å². The van der Waals surface area contributed by atoms with Crippen molar-refractivity contribution < 1.29 is 9.47 Å². The molecule has 106 valence electrons. The summed E-state index contributed by atoms with van der Waals surface area (Å²) in [7, 11) is 0. The largest absolute Gasteiger partial charge is 0.490 e. The molecule has 4 heteroatoms. The van der Waals surface area contributed by atoms with Gasteiger partial charge >= 0.3 is 0 Å². The maximum Gasteiger partial charge on any atom is 0.169 e. The molecule has 2 rings (SSSR count). The van der Waals surface area contributed by atoms with Crippen LogP contribution >= 0.6 is 15.9 Å². The fourth-order valence-corrected chi connectivity index (χ4v) is 2.38. The Labute approximate surface area is 127 Å². The van der Waals surface area contributed by atoms with Crippen LogP contribution in [0.25, 0.3) is 0 Å². The first kappa shape index (κ1) is 14.9. The Morgan fingerprint density at radius 2 is 1.80 bits per heavy atom. The standard InChI is InChI=1S/C16H18BrNO2/c1-2-19-15-5-3-4-6-16(15)20-14-8-7-12(9-10-18)11-13(14)17/h3-8,11H,2,9-10,18H2,1H3. The molecule has 0 amide bonds. The van der Waals surface area contributed by atoms with Crippen molar-refractivity contribution in [2.24, 2.45) is 5.73 Å². The van der Waals surface area contributed by atoms with Gasteiger partial charge in [-0.15, -0.1) is 0 Å². The third-order valence-corrected chi connectivity index (χ3v) is 3.42. The number of para-hydroxylation sites is 2. The van der Waals surface area contributed by atoms with Gasteiger partial charge in [-0.1, -0.05) is 18.2 Å². The summed E-state index contributed by atoms with van der Waals surface area (Å²) in [6.07, 6.45) is 0.856. The maximum absolute atomic E-state index is 5.92. The minimum absolute atomic E-state index is 0.608. The monoisotopic (exact) mass is 335 g/mol. The van der Waals surface area contributed by atoms with E-state index < -0.39 is 0 Å². The molecule has 0 aromatic heterocycles. The highest BCUT2D eigenvalue weighted by atomic mass is 79.9. The normalized spacial score (nSPS) is 10.3. The first-order chi connectivity index (χ1) is 9.74. The van der Waals surface area contributed by atoms with Gasteiger partial charge in [-0.05, 0) is 65.6 Å². The molecule has 0 atom stereocenters. The molecular weight excluding hydrogens is 318 g/mol. The highest BCUT2D eigenvalue weighted by Crippen LogP contribution is 2.35. The summed E-state index contributed by atoms with van der Waals surface area (Å²) in [6.45, 7) is 3.20. The van der Waals surface area contributed by atoms with Crippen LogP contribution in [0.2, 0.25) is 0 Å². The van der Waals surface area contributed by atoms with Crippen molar-refractivity contribution in [2.45, 2.75) is 13.3 Å². The average molecular weight is 336 g/mol. The Hall–Kier alpha value is -1.52. The van der Waals surface area contributed by atoms with Gasteiger partial charge in [0.05, 0.1) is 11.1 Å². The highest BCUT2D eigenvalue weighted by molar-refractivity contribution is 9.10. The smallest absolute Gasteiger partial charge is 0.169 e. The van der Waals surface area contributed by atoms with Gasteiger partial charge in [0.15, 0.2) is 11.5 Å². The van der Waals surface area contributed by atoms with Crippen molar-refractivity contribution in [2.75, 3.05) is 13.2 Å². The Kier molecular flexibility index (Phi) is 5.44. The zero-order chi connectivity index (χ0) is 14.4. The van der Waals surface area contributed by atoms with Crippen LogP contribution in [0.3, 0.4) is 0 Å². The van der Waals surface area contributed by atoms with Gasteiger partial charge in [-0.25, -0.2) is 0 Å². The fourth-order valence-electron chi connectivity index (χ4n) is 1.88. The van der Waals surface area contributed by atoms with Gasteiger partial charge in [0.2, 0.25) is 0 Å². The lowest BCUT2D eigenvalue weighted by atomic mass is 10.1. The van der Waals surface area contributed by atoms with Crippen molar-refractivity contribution >= 4 is 15.9 Å². The highest BCUT2D eigenvalue weighted by Gasteiger charge is 2.08. The molecule has 0 aliphatic rings. The third-order valence-electron chi connectivity index (χ3n) is 2.80. The second kappa shape index (κ2) is 7.31. The molecule has 2 aromatic rings. The van der Waals surface area contributed by atoms with Gasteiger partial charge in [-0.3, -0.25) is 0 Å². The molecular formula is C16H18BrNO2. The van der Waals surface area contributed by atoms with Crippen LogP contribution in [0.15, 0.2) is 46.9 Å². The van der Waals surface area contributed by atoms with E-state index in [-0.39, 0.29) is 0 Å². The van der Waals surface area contributed by atoms with E-state index in [9.17, 15) is 0 Å². The molecule has 0 fully saturated rings. The quantitative estimate of drug-likeness (QED) is 0.862. The molecule has 3 nitrogen and oxygen atoms in total. The molecule has 20 heavy (non-hydrogen) atoms. The predicted molar refractivity (Wildman–Crippen MR) is 84.6 cm³/mol. The Balaban J connectivity index is 2.21. The molecule has 0 bridgehead atoms. The zero-order valence-electron chi connectivity index (χ0n) is 11.4. The van der Waals surface area contributed by atoms with Gasteiger partial charge in [0.25, 0.3) is 0 Å². The van der Waals surface area contributed by atoms with Crippen molar-refractivity contribution in [3.05, 3.63) is 52.5 Å². The lowest BCUT2D eigenvalue weighted by Crippen LogP contribution is -2.02. The van der Waals surface area contributed by atoms with Crippen molar-refractivity contribution in [3.8, 4) is 17.2 Å². The molecule has 0 unspecified atom stereocenters. The zero-order valence-corrected chi connectivity index (χ0v) is 13.0. The molecule has 2 N–H and O–H groups in total. The number of hydrogen-bond acceptors (Lipinski definition) is 3. The van der Waals surface area contributed by atoms with Crippen LogP contribution in [0.4, 0.5) is 0 Å². The summed E-state index contributed by atoms with van der Waals surface area (Å²) in [5.41, 5.74) is 6.75. The number of benzene rings is 2. The minimum atomic E-state index is 0.608. The Morgan fingerprint density at radius 3 is 2.45 bits per heavy atom. The summed E-state index contributed by atoms with van der Waals surface area (Å²) in [4.78, 5) is 0. The molecule has 0 aliphatic heterocycles. The van der Waals surface area contributed by atoms with Gasteiger partial charge in [-0.2, -0.15) is 0 Å². The average Bonchev–Trinajstić information content (AvgIpc) is 2.44. The van der Waals surface area contributed by atoms with E-state index in [1.807, 2.05) is 49.4 Å². The number of halogens is 1. The lowest BCUT2D eigenvalue weighted by molar-refractivity contribution is 0.321. The topological polar surface area (TPSA) is 44.5 Å². The number of ether oxygens (including phenoxy) is 2. The van der Waals surface area contributed by atoms with Crippen molar-refractivity contribution in [1.82, 2.24) is 0 Å². The summed E-state index contributed by atoms with van der Waals surface area (Å²) in [5, 5.41) is 0. The Bertz CT molecular complexity index is 572. The Morgan fingerprint density at radius 1 is 1.05 bits per heavy atom. The fraction of sp³-hybridized carbons (Fsp3) is 0.250. The summed E-state index contributed by atoms with van der Waals surface area (Å²) < 4.78 is 12.4. The van der Waals surface area contributed by atoms with E-state index in [2.05, 4.69) is 15.9 Å². The van der Waals surface area contributed by atoms with E-state index in [1.165, 1.54) is 5.56 Å². The molecule has 0 saturated carbocycles. The summed E-state index contributed by atoms with van der Waals surface area (Å²) in [5.74, 6) is 2.22. The number of hydrogen-bond donors (Lipinski definition) is 1.